The molecule has 0 spiro atoms. The molecule has 1 atom stereocenters. The molecule has 1 aliphatic carbocycles. The fraction of sp³-hybridized carbons (Fsp3) is 0.533. The molecule has 1 unspecified atom stereocenters. The Hall–Kier alpha value is -0.710. The number of aliphatic carboxylic acids is 1. The summed E-state index contributed by atoms with van der Waals surface area (Å²) in [7, 11) is 0. The van der Waals surface area contributed by atoms with E-state index in [0.29, 0.717) is 10.8 Å². The second-order valence-electron chi connectivity index (χ2n) is 5.60. The number of hydrogen-bond acceptors (Lipinski definition) is 3. The van der Waals surface area contributed by atoms with Crippen LogP contribution in [0.5, 0.6) is 0 Å². The lowest BCUT2D eigenvalue weighted by atomic mass is 9.94. The van der Waals surface area contributed by atoms with Gasteiger partial charge in [-0.3, -0.25) is 10.1 Å². The maximum atomic E-state index is 11.8. The van der Waals surface area contributed by atoms with Crippen molar-refractivity contribution in [2.75, 3.05) is 5.75 Å². The highest BCUT2D eigenvalue weighted by atomic mass is 35.5. The number of halogens is 1. The Morgan fingerprint density at radius 1 is 1.55 bits per heavy atom. The third-order valence-electron chi connectivity index (χ3n) is 3.46. The van der Waals surface area contributed by atoms with Gasteiger partial charge >= 0.3 is 5.97 Å². The maximum Gasteiger partial charge on any atom is 0.325 e. The molecule has 1 aromatic rings. The summed E-state index contributed by atoms with van der Waals surface area (Å²) in [5.74, 6) is 0.00299. The first kappa shape index (κ1) is 15.7. The number of carbonyl (C=O) groups is 1. The van der Waals surface area contributed by atoms with Crippen molar-refractivity contribution in [3.63, 3.8) is 0 Å². The fourth-order valence-electron chi connectivity index (χ4n) is 2.42. The predicted molar refractivity (Wildman–Crippen MR) is 83.5 cm³/mol. The van der Waals surface area contributed by atoms with E-state index in [2.05, 4.69) is 5.32 Å². The van der Waals surface area contributed by atoms with E-state index in [1.807, 2.05) is 38.1 Å². The molecule has 2 N–H and O–H groups in total. The van der Waals surface area contributed by atoms with Crippen molar-refractivity contribution >= 4 is 29.3 Å². The van der Waals surface area contributed by atoms with E-state index >= 15 is 0 Å². The molecule has 20 heavy (non-hydrogen) atoms. The van der Waals surface area contributed by atoms with E-state index in [1.165, 1.54) is 0 Å². The van der Waals surface area contributed by atoms with Crippen LogP contribution in [0.25, 0.3) is 0 Å². The van der Waals surface area contributed by atoms with E-state index in [-0.39, 0.29) is 12.0 Å². The van der Waals surface area contributed by atoms with E-state index in [0.717, 1.165) is 17.7 Å². The lowest BCUT2D eigenvalue weighted by Crippen LogP contribution is -2.58. The molecule has 0 saturated heterocycles. The number of thioether (sulfide) groups is 1. The van der Waals surface area contributed by atoms with Gasteiger partial charge in [0.1, 0.15) is 5.54 Å². The Bertz CT molecular complexity index is 491. The van der Waals surface area contributed by atoms with Crippen molar-refractivity contribution in [2.24, 2.45) is 5.92 Å². The van der Waals surface area contributed by atoms with Gasteiger partial charge < -0.3 is 5.11 Å². The minimum absolute atomic E-state index is 0.145. The zero-order valence-electron chi connectivity index (χ0n) is 11.7. The molecule has 1 saturated carbocycles. The summed E-state index contributed by atoms with van der Waals surface area (Å²) in [6, 6.07) is 7.70. The molecular formula is C15H20ClNO2S. The van der Waals surface area contributed by atoms with Crippen molar-refractivity contribution in [3.05, 3.63) is 29.3 Å². The summed E-state index contributed by atoms with van der Waals surface area (Å²) in [5.41, 5.74) is -0.832. The Balaban J connectivity index is 2.13. The molecule has 0 aromatic heterocycles. The maximum absolute atomic E-state index is 11.8. The highest BCUT2D eigenvalue weighted by Crippen LogP contribution is 2.43. The fourth-order valence-corrected chi connectivity index (χ4v) is 3.90. The SMILES string of the molecule is CC(C)NC(CSc1cccc(Cl)c1)(C(=O)O)C1CC1. The van der Waals surface area contributed by atoms with Crippen LogP contribution in [0.3, 0.4) is 0 Å². The molecule has 110 valence electrons. The van der Waals surface area contributed by atoms with Crippen molar-refractivity contribution in [3.8, 4) is 0 Å². The highest BCUT2D eigenvalue weighted by Gasteiger charge is 2.51. The minimum atomic E-state index is -0.832. The summed E-state index contributed by atoms with van der Waals surface area (Å²) in [4.78, 5) is 12.8. The van der Waals surface area contributed by atoms with Gasteiger partial charge in [0.25, 0.3) is 0 Å². The first-order valence-corrected chi connectivity index (χ1v) is 8.20. The largest absolute Gasteiger partial charge is 0.480 e. The quantitative estimate of drug-likeness (QED) is 0.754. The summed E-state index contributed by atoms with van der Waals surface area (Å²) in [6.45, 7) is 3.98. The molecular weight excluding hydrogens is 294 g/mol. The van der Waals surface area contributed by atoms with Crippen molar-refractivity contribution in [1.82, 2.24) is 5.32 Å². The molecule has 3 nitrogen and oxygen atoms in total. The van der Waals surface area contributed by atoms with Crippen LogP contribution in [0.1, 0.15) is 26.7 Å². The van der Waals surface area contributed by atoms with Crippen LogP contribution in [0.15, 0.2) is 29.2 Å². The van der Waals surface area contributed by atoms with Gasteiger partial charge in [-0.25, -0.2) is 0 Å². The van der Waals surface area contributed by atoms with Crippen molar-refractivity contribution in [1.29, 1.82) is 0 Å². The summed E-state index contributed by atoms with van der Waals surface area (Å²) in [6.07, 6.45) is 1.98. The molecule has 2 rings (SSSR count). The molecule has 0 bridgehead atoms. The monoisotopic (exact) mass is 313 g/mol. The van der Waals surface area contributed by atoms with Gasteiger partial charge in [0.05, 0.1) is 0 Å². The summed E-state index contributed by atoms with van der Waals surface area (Å²) < 4.78 is 0. The zero-order chi connectivity index (χ0) is 14.8. The van der Waals surface area contributed by atoms with Gasteiger partial charge in [-0.1, -0.05) is 17.7 Å². The highest BCUT2D eigenvalue weighted by molar-refractivity contribution is 7.99. The van der Waals surface area contributed by atoms with Crippen LogP contribution in [-0.4, -0.2) is 28.4 Å². The van der Waals surface area contributed by atoms with Crippen molar-refractivity contribution < 1.29 is 9.90 Å². The van der Waals surface area contributed by atoms with Gasteiger partial charge in [-0.15, -0.1) is 11.8 Å². The molecule has 1 aliphatic rings. The van der Waals surface area contributed by atoms with Gasteiger partial charge in [0.15, 0.2) is 0 Å². The average Bonchev–Trinajstić information content (AvgIpc) is 3.18. The Labute approximate surface area is 129 Å². The number of nitrogens with one attached hydrogen (secondary N) is 1. The molecule has 1 fully saturated rings. The third kappa shape index (κ3) is 3.68. The van der Waals surface area contributed by atoms with Crippen LogP contribution in [0.4, 0.5) is 0 Å². The van der Waals surface area contributed by atoms with Gasteiger partial charge in [0.2, 0.25) is 0 Å². The van der Waals surface area contributed by atoms with E-state index in [1.54, 1.807) is 11.8 Å². The third-order valence-corrected chi connectivity index (χ3v) is 4.89. The number of rotatable bonds is 7. The van der Waals surface area contributed by atoms with Crippen LogP contribution in [-0.2, 0) is 4.79 Å². The summed E-state index contributed by atoms with van der Waals surface area (Å²) >= 11 is 7.52. The van der Waals surface area contributed by atoms with Crippen LogP contribution in [0.2, 0.25) is 5.02 Å². The normalized spacial score (nSPS) is 18.0. The Kier molecular flexibility index (Phi) is 4.99. The van der Waals surface area contributed by atoms with E-state index < -0.39 is 11.5 Å². The zero-order valence-corrected chi connectivity index (χ0v) is 13.3. The van der Waals surface area contributed by atoms with E-state index in [9.17, 15) is 9.90 Å². The lowest BCUT2D eigenvalue weighted by molar-refractivity contribution is -0.145. The predicted octanol–water partition coefficient (Wildman–Crippen LogP) is 3.66. The van der Waals surface area contributed by atoms with Crippen LogP contribution < -0.4 is 5.32 Å². The lowest BCUT2D eigenvalue weighted by Gasteiger charge is -2.32. The molecule has 0 heterocycles. The number of carboxylic acid groups (broad SMARTS) is 1. The first-order chi connectivity index (χ1) is 9.44. The standard InChI is InChI=1S/C15H20ClNO2S/c1-10(2)17-15(14(18)19,11-6-7-11)9-20-13-5-3-4-12(16)8-13/h3-5,8,10-11,17H,6-7,9H2,1-2H3,(H,18,19). The number of hydrogen-bond donors (Lipinski definition) is 2. The number of benzene rings is 1. The van der Waals surface area contributed by atoms with Gasteiger partial charge in [-0.2, -0.15) is 0 Å². The van der Waals surface area contributed by atoms with Crippen molar-refractivity contribution in [2.45, 2.75) is 43.2 Å². The second kappa shape index (κ2) is 6.37. The summed E-state index contributed by atoms with van der Waals surface area (Å²) in [5, 5.41) is 13.7. The Morgan fingerprint density at radius 3 is 2.75 bits per heavy atom. The van der Waals surface area contributed by atoms with Gasteiger partial charge in [0, 0.05) is 21.7 Å². The minimum Gasteiger partial charge on any atom is -0.480 e. The Morgan fingerprint density at radius 2 is 2.25 bits per heavy atom. The topological polar surface area (TPSA) is 49.3 Å². The smallest absolute Gasteiger partial charge is 0.325 e. The first-order valence-electron chi connectivity index (χ1n) is 6.83. The van der Waals surface area contributed by atoms with E-state index in [4.69, 9.17) is 11.6 Å². The average molecular weight is 314 g/mol. The molecule has 0 radical (unpaired) electrons. The second-order valence-corrected chi connectivity index (χ2v) is 7.08. The molecule has 1 aromatic carbocycles. The molecule has 5 heteroatoms. The van der Waals surface area contributed by atoms with Gasteiger partial charge in [-0.05, 0) is 50.8 Å². The van der Waals surface area contributed by atoms with Crippen LogP contribution in [0, 0.1) is 5.92 Å². The molecule has 0 amide bonds. The van der Waals surface area contributed by atoms with Crippen LogP contribution >= 0.6 is 23.4 Å². The molecule has 0 aliphatic heterocycles. The number of carboxylic acids is 1.